The number of hydrogen-bond acceptors (Lipinski definition) is 2. The normalized spacial score (nSPS) is 12.0. The summed E-state index contributed by atoms with van der Waals surface area (Å²) < 4.78 is 2.35. The van der Waals surface area contributed by atoms with E-state index in [2.05, 4.69) is 167 Å². The molecule has 12 rings (SSSR count). The number of para-hydroxylation sites is 1. The molecule has 0 aliphatic carbocycles. The number of rotatable bonds is 4. The van der Waals surface area contributed by atoms with Crippen molar-refractivity contribution >= 4 is 75.7 Å². The molecule has 55 heavy (non-hydrogen) atoms. The van der Waals surface area contributed by atoms with Crippen molar-refractivity contribution in [1.29, 1.82) is 5.26 Å². The van der Waals surface area contributed by atoms with E-state index in [0.717, 1.165) is 33.1 Å². The van der Waals surface area contributed by atoms with Gasteiger partial charge >= 0.3 is 0 Å². The van der Waals surface area contributed by atoms with Gasteiger partial charge in [0, 0.05) is 39.8 Å². The first-order chi connectivity index (χ1) is 27.2. The van der Waals surface area contributed by atoms with Gasteiger partial charge in [0.2, 0.25) is 0 Å². The summed E-state index contributed by atoms with van der Waals surface area (Å²) in [7, 11) is 0. The summed E-state index contributed by atoms with van der Waals surface area (Å²) in [6, 6.07) is 61.9. The lowest BCUT2D eigenvalue weighted by Gasteiger charge is -2.16. The molecule has 0 radical (unpaired) electrons. The highest BCUT2D eigenvalue weighted by molar-refractivity contribution is 6.28. The van der Waals surface area contributed by atoms with Crippen LogP contribution in [0.25, 0.3) is 115 Å². The monoisotopic (exact) mass is 695 g/mol. The van der Waals surface area contributed by atoms with Gasteiger partial charge in [-0.2, -0.15) is 5.26 Å². The Morgan fingerprint density at radius 1 is 0.418 bits per heavy atom. The van der Waals surface area contributed by atoms with E-state index < -0.39 is 0 Å². The summed E-state index contributed by atoms with van der Waals surface area (Å²) in [5.74, 6) is 0. The zero-order chi connectivity index (χ0) is 36.2. The highest BCUT2D eigenvalue weighted by Gasteiger charge is 2.20. The van der Waals surface area contributed by atoms with Crippen molar-refractivity contribution in [3.63, 3.8) is 0 Å². The molecule has 3 heteroatoms. The van der Waals surface area contributed by atoms with Gasteiger partial charge in [-0.3, -0.25) is 4.98 Å². The van der Waals surface area contributed by atoms with Gasteiger partial charge in [-0.1, -0.05) is 109 Å². The predicted octanol–water partition coefficient (Wildman–Crippen LogP) is 13.7. The maximum atomic E-state index is 9.95. The van der Waals surface area contributed by atoms with Gasteiger partial charge in [-0.15, -0.1) is 0 Å². The number of fused-ring (bicyclic) bond motifs is 1. The van der Waals surface area contributed by atoms with Crippen molar-refractivity contribution in [3.8, 4) is 45.1 Å². The third-order valence-electron chi connectivity index (χ3n) is 11.8. The Morgan fingerprint density at radius 2 is 1.05 bits per heavy atom. The molecule has 0 spiro atoms. The largest absolute Gasteiger partial charge is 0.309 e. The Balaban J connectivity index is 1.00. The lowest BCUT2D eigenvalue weighted by Crippen LogP contribution is -1.93. The third-order valence-corrected chi connectivity index (χ3v) is 11.8. The van der Waals surface area contributed by atoms with Crippen LogP contribution in [0.2, 0.25) is 0 Å². The van der Waals surface area contributed by atoms with Crippen LogP contribution < -0.4 is 0 Å². The summed E-state index contributed by atoms with van der Waals surface area (Å²) in [4.78, 5) is 4.41. The van der Waals surface area contributed by atoms with Crippen LogP contribution in [0.4, 0.5) is 0 Å². The first kappa shape index (κ1) is 30.0. The summed E-state index contributed by atoms with van der Waals surface area (Å²) >= 11 is 0. The fourth-order valence-electron chi connectivity index (χ4n) is 9.30. The van der Waals surface area contributed by atoms with Gasteiger partial charge in [-0.25, -0.2) is 0 Å². The highest BCUT2D eigenvalue weighted by Crippen LogP contribution is 2.44. The van der Waals surface area contributed by atoms with E-state index in [4.69, 9.17) is 0 Å². The molecule has 0 aliphatic rings. The number of pyridine rings is 1. The van der Waals surface area contributed by atoms with Crippen molar-refractivity contribution in [2.75, 3.05) is 0 Å². The molecule has 0 fully saturated rings. The summed E-state index contributed by atoms with van der Waals surface area (Å²) in [6.45, 7) is 0. The van der Waals surface area contributed by atoms with Crippen molar-refractivity contribution in [2.45, 2.75) is 0 Å². The number of benzene rings is 10. The molecular weight excluding hydrogens is 667 g/mol. The fraction of sp³-hybridized carbons (Fsp3) is 0. The molecule has 0 unspecified atom stereocenters. The molecule has 0 bridgehead atoms. The number of nitrogens with zero attached hydrogens (tertiary/aromatic N) is 3. The lowest BCUT2D eigenvalue weighted by molar-refractivity contribution is 1.18. The van der Waals surface area contributed by atoms with Crippen molar-refractivity contribution in [3.05, 3.63) is 182 Å². The minimum Gasteiger partial charge on any atom is -0.309 e. The smallest absolute Gasteiger partial charge is 0.0998 e. The quantitative estimate of drug-likeness (QED) is 0.172. The Bertz CT molecular complexity index is 3530. The number of hydrogen-bond donors (Lipinski definition) is 0. The van der Waals surface area contributed by atoms with Crippen LogP contribution in [0.3, 0.4) is 0 Å². The molecule has 0 amide bonds. The molecule has 12 aromatic rings. The van der Waals surface area contributed by atoms with E-state index in [9.17, 15) is 5.26 Å². The standard InChI is InChI=1S/C52H29N3/c53-29-38-17-23-47-52-44(38)20-16-37-27-40(28-48(51(37)52)55(47)41-6-2-1-3-7-41)35-9-8-34-26-36(11-10-33(34)25-35)42-18-12-31-15-22-46-43(39-5-4-24-54-30-39)19-13-32-14-21-45(42)49(31)50(32)46/h1-28,30H. The third kappa shape index (κ3) is 4.28. The van der Waals surface area contributed by atoms with Gasteiger partial charge < -0.3 is 4.57 Å². The van der Waals surface area contributed by atoms with Crippen LogP contribution in [0.15, 0.2) is 176 Å². The van der Waals surface area contributed by atoms with Crippen LogP contribution in [0.5, 0.6) is 0 Å². The molecule has 10 aromatic carbocycles. The van der Waals surface area contributed by atoms with Crippen LogP contribution in [0.1, 0.15) is 5.56 Å². The molecule has 0 saturated carbocycles. The molecular formula is C52H29N3. The van der Waals surface area contributed by atoms with Crippen LogP contribution in [0, 0.1) is 11.3 Å². The predicted molar refractivity (Wildman–Crippen MR) is 230 cm³/mol. The summed E-state index contributed by atoms with van der Waals surface area (Å²) in [5, 5.41) is 24.5. The summed E-state index contributed by atoms with van der Waals surface area (Å²) in [5.41, 5.74) is 11.2. The maximum Gasteiger partial charge on any atom is 0.0998 e. The Morgan fingerprint density at radius 3 is 1.78 bits per heavy atom. The highest BCUT2D eigenvalue weighted by atomic mass is 15.0. The second kappa shape index (κ2) is 11.2. The van der Waals surface area contributed by atoms with E-state index in [1.807, 2.05) is 24.5 Å². The second-order valence-corrected chi connectivity index (χ2v) is 14.7. The van der Waals surface area contributed by atoms with Crippen molar-refractivity contribution in [1.82, 2.24) is 9.55 Å². The summed E-state index contributed by atoms with van der Waals surface area (Å²) in [6.07, 6.45) is 3.78. The topological polar surface area (TPSA) is 41.6 Å². The molecule has 2 heterocycles. The van der Waals surface area contributed by atoms with Gasteiger partial charge in [0.25, 0.3) is 0 Å². The van der Waals surface area contributed by atoms with Crippen LogP contribution >= 0.6 is 0 Å². The van der Waals surface area contributed by atoms with E-state index in [1.165, 1.54) is 81.7 Å². The van der Waals surface area contributed by atoms with Crippen LogP contribution in [-0.2, 0) is 0 Å². The molecule has 3 nitrogen and oxygen atoms in total. The van der Waals surface area contributed by atoms with Gasteiger partial charge in [0.15, 0.2) is 0 Å². The molecule has 0 N–H and O–H groups in total. The second-order valence-electron chi connectivity index (χ2n) is 14.7. The zero-order valence-electron chi connectivity index (χ0n) is 29.6. The van der Waals surface area contributed by atoms with E-state index in [0.29, 0.717) is 5.56 Å². The van der Waals surface area contributed by atoms with E-state index in [-0.39, 0.29) is 0 Å². The van der Waals surface area contributed by atoms with Crippen molar-refractivity contribution in [2.24, 2.45) is 0 Å². The Labute approximate surface area is 316 Å². The molecule has 0 atom stereocenters. The molecule has 2 aromatic heterocycles. The minimum absolute atomic E-state index is 0.705. The number of nitriles is 1. The Hall–Kier alpha value is -7.54. The average molecular weight is 696 g/mol. The minimum atomic E-state index is 0.705. The van der Waals surface area contributed by atoms with Crippen LogP contribution in [-0.4, -0.2) is 9.55 Å². The lowest BCUT2D eigenvalue weighted by atomic mass is 9.87. The van der Waals surface area contributed by atoms with Gasteiger partial charge in [-0.05, 0) is 131 Å². The molecule has 252 valence electrons. The first-order valence-electron chi connectivity index (χ1n) is 18.7. The van der Waals surface area contributed by atoms with Gasteiger partial charge in [0.1, 0.15) is 0 Å². The van der Waals surface area contributed by atoms with E-state index >= 15 is 0 Å². The Kier molecular flexibility index (Phi) is 6.12. The fourth-order valence-corrected chi connectivity index (χ4v) is 9.30. The first-order valence-corrected chi connectivity index (χ1v) is 18.7. The SMILES string of the molecule is N#Cc1ccc2c3c1ccc1cc(-c4ccc5cc(-c6ccc7ccc8c(-c9cccnc9)ccc9ccc6c7c98)ccc5c4)cc(c13)n2-c1ccccc1. The molecule has 0 saturated heterocycles. The average Bonchev–Trinajstić information content (AvgIpc) is 3.59. The van der Waals surface area contributed by atoms with Gasteiger partial charge in [0.05, 0.1) is 22.7 Å². The maximum absolute atomic E-state index is 9.95. The van der Waals surface area contributed by atoms with Crippen molar-refractivity contribution < 1.29 is 0 Å². The zero-order valence-corrected chi connectivity index (χ0v) is 29.6. The number of aromatic nitrogens is 2. The molecule has 0 aliphatic heterocycles. The van der Waals surface area contributed by atoms with E-state index in [1.54, 1.807) is 0 Å².